The molecule has 0 N–H and O–H groups in total. The minimum Gasteiger partial charge on any atom is -0.449 e. The van der Waals surface area contributed by atoms with Crippen molar-refractivity contribution in [3.63, 3.8) is 0 Å². The highest BCUT2D eigenvalue weighted by molar-refractivity contribution is 5.88. The van der Waals surface area contributed by atoms with Crippen LogP contribution in [0.1, 0.15) is 25.3 Å². The second-order valence-corrected chi connectivity index (χ2v) is 5.81. The minimum atomic E-state index is -0.388. The summed E-state index contributed by atoms with van der Waals surface area (Å²) in [5, 5.41) is 13.4. The highest BCUT2D eigenvalue weighted by atomic mass is 16.6. The number of aromatic nitrogens is 3. The van der Waals surface area contributed by atoms with E-state index in [-0.39, 0.29) is 6.09 Å². The van der Waals surface area contributed by atoms with Gasteiger partial charge in [-0.1, -0.05) is 25.5 Å². The molecule has 132 valence electrons. The normalized spacial score (nSPS) is 10.5. The molecule has 7 nitrogen and oxygen atoms in total. The molecule has 2 heterocycles. The summed E-state index contributed by atoms with van der Waals surface area (Å²) in [6.45, 7) is 2.46. The molecule has 0 atom stereocenters. The van der Waals surface area contributed by atoms with E-state index >= 15 is 0 Å². The van der Waals surface area contributed by atoms with Crippen molar-refractivity contribution < 1.29 is 9.53 Å². The van der Waals surface area contributed by atoms with Gasteiger partial charge in [0.25, 0.3) is 0 Å². The molecule has 1 aromatic carbocycles. The Balaban J connectivity index is 1.92. The van der Waals surface area contributed by atoms with Crippen molar-refractivity contribution in [3.05, 3.63) is 48.3 Å². The summed E-state index contributed by atoms with van der Waals surface area (Å²) in [5.74, 6) is 0. The molecule has 0 aliphatic rings. The Morgan fingerprint density at radius 2 is 2.23 bits per heavy atom. The monoisotopic (exact) mass is 349 g/mol. The Labute approximate surface area is 151 Å². The first-order valence-electron chi connectivity index (χ1n) is 8.39. The van der Waals surface area contributed by atoms with Gasteiger partial charge in [0.15, 0.2) is 5.65 Å². The summed E-state index contributed by atoms with van der Waals surface area (Å²) >= 11 is 0. The van der Waals surface area contributed by atoms with Gasteiger partial charge < -0.3 is 4.74 Å². The average Bonchev–Trinajstić information content (AvgIpc) is 3.11. The summed E-state index contributed by atoms with van der Waals surface area (Å²) in [7, 11) is 1.68. The lowest BCUT2D eigenvalue weighted by molar-refractivity contribution is 0.153. The zero-order chi connectivity index (χ0) is 18.5. The van der Waals surface area contributed by atoms with Gasteiger partial charge in [-0.15, -0.1) is 0 Å². The maximum Gasteiger partial charge on any atom is 0.414 e. The summed E-state index contributed by atoms with van der Waals surface area (Å²) < 4.78 is 6.88. The molecule has 26 heavy (non-hydrogen) atoms. The van der Waals surface area contributed by atoms with Gasteiger partial charge in [0.2, 0.25) is 0 Å². The third-order valence-corrected chi connectivity index (χ3v) is 4.05. The van der Waals surface area contributed by atoms with Crippen LogP contribution in [-0.4, -0.2) is 34.3 Å². The quantitative estimate of drug-likeness (QED) is 0.657. The summed E-state index contributed by atoms with van der Waals surface area (Å²) in [5.41, 5.74) is 3.27. The number of ether oxygens (including phenoxy) is 1. The minimum absolute atomic E-state index is 0.388. The van der Waals surface area contributed by atoms with Crippen molar-refractivity contribution >= 4 is 17.4 Å². The summed E-state index contributed by atoms with van der Waals surface area (Å²) in [6.07, 6.45) is 4.56. The number of unbranched alkanes of at least 4 members (excludes halogenated alkanes) is 1. The van der Waals surface area contributed by atoms with Gasteiger partial charge >= 0.3 is 6.09 Å². The van der Waals surface area contributed by atoms with Crippen molar-refractivity contribution in [2.24, 2.45) is 0 Å². The smallest absolute Gasteiger partial charge is 0.414 e. The number of carbonyl (C=O) groups excluding carboxylic acids is 1. The molecule has 0 bridgehead atoms. The number of hydrogen-bond donors (Lipinski definition) is 0. The molecule has 3 rings (SSSR count). The standard InChI is InChI=1S/C19H19N5O2/c1-3-4-10-26-19(25)23(2)16-7-5-6-14(11-16)17-8-9-21-18-15(12-20)13-22-24(17)18/h5-9,11,13H,3-4,10H2,1-2H3. The van der Waals surface area contributed by atoms with Crippen molar-refractivity contribution in [1.82, 2.24) is 14.6 Å². The fourth-order valence-electron chi connectivity index (χ4n) is 2.57. The highest BCUT2D eigenvalue weighted by Gasteiger charge is 2.14. The van der Waals surface area contributed by atoms with Gasteiger partial charge in [-0.05, 0) is 24.6 Å². The number of amides is 1. The molecule has 1 amide bonds. The number of fused-ring (bicyclic) bond motifs is 1. The van der Waals surface area contributed by atoms with Crippen molar-refractivity contribution in [2.45, 2.75) is 19.8 Å². The number of anilines is 1. The van der Waals surface area contributed by atoms with Crippen LogP contribution < -0.4 is 4.90 Å². The van der Waals surface area contributed by atoms with E-state index < -0.39 is 0 Å². The van der Waals surface area contributed by atoms with Crippen LogP contribution in [0.3, 0.4) is 0 Å². The zero-order valence-electron chi connectivity index (χ0n) is 14.7. The molecule has 0 unspecified atom stereocenters. The summed E-state index contributed by atoms with van der Waals surface area (Å²) in [4.78, 5) is 17.9. The zero-order valence-corrected chi connectivity index (χ0v) is 14.7. The predicted octanol–water partition coefficient (Wildman–Crippen LogP) is 3.64. The Bertz CT molecular complexity index is 973. The van der Waals surface area contributed by atoms with E-state index in [1.807, 2.05) is 37.3 Å². The van der Waals surface area contributed by atoms with Crippen LogP contribution in [0.4, 0.5) is 10.5 Å². The largest absolute Gasteiger partial charge is 0.449 e. The first kappa shape index (κ1) is 17.4. The van der Waals surface area contributed by atoms with Gasteiger partial charge in [0.05, 0.1) is 18.5 Å². The number of rotatable bonds is 5. The topological polar surface area (TPSA) is 83.5 Å². The van der Waals surface area contributed by atoms with E-state index in [0.717, 1.165) is 24.1 Å². The molecular weight excluding hydrogens is 330 g/mol. The van der Waals surface area contributed by atoms with Crippen LogP contribution in [-0.2, 0) is 4.74 Å². The van der Waals surface area contributed by atoms with E-state index in [4.69, 9.17) is 10.00 Å². The molecule has 0 spiro atoms. The molecular formula is C19H19N5O2. The van der Waals surface area contributed by atoms with E-state index in [9.17, 15) is 4.79 Å². The Hall–Kier alpha value is -3.40. The molecule has 0 aliphatic carbocycles. The van der Waals surface area contributed by atoms with Gasteiger partial charge in [0, 0.05) is 24.5 Å². The molecule has 0 aliphatic heterocycles. The van der Waals surface area contributed by atoms with Crippen LogP contribution in [0.25, 0.3) is 16.9 Å². The van der Waals surface area contributed by atoms with Crippen molar-refractivity contribution in [1.29, 1.82) is 5.26 Å². The van der Waals surface area contributed by atoms with Gasteiger partial charge in [0.1, 0.15) is 11.6 Å². The predicted molar refractivity (Wildman–Crippen MR) is 97.8 cm³/mol. The van der Waals surface area contributed by atoms with Crippen LogP contribution in [0, 0.1) is 11.3 Å². The fraction of sp³-hybridized carbons (Fsp3) is 0.263. The van der Waals surface area contributed by atoms with Gasteiger partial charge in [-0.2, -0.15) is 10.4 Å². The van der Waals surface area contributed by atoms with Crippen LogP contribution in [0.2, 0.25) is 0 Å². The number of benzene rings is 1. The van der Waals surface area contributed by atoms with E-state index in [2.05, 4.69) is 16.2 Å². The van der Waals surface area contributed by atoms with E-state index in [1.165, 1.54) is 11.1 Å². The first-order valence-corrected chi connectivity index (χ1v) is 8.39. The number of carbonyl (C=O) groups is 1. The fourth-order valence-corrected chi connectivity index (χ4v) is 2.57. The molecule has 3 aromatic rings. The third kappa shape index (κ3) is 3.35. The average molecular weight is 349 g/mol. The lowest BCUT2D eigenvalue weighted by Crippen LogP contribution is -2.27. The molecule has 0 saturated heterocycles. The summed E-state index contributed by atoms with van der Waals surface area (Å²) in [6, 6.07) is 11.4. The second-order valence-electron chi connectivity index (χ2n) is 5.81. The first-order chi connectivity index (χ1) is 12.7. The van der Waals surface area contributed by atoms with Crippen molar-refractivity contribution in [2.75, 3.05) is 18.6 Å². The maximum atomic E-state index is 12.2. The third-order valence-electron chi connectivity index (χ3n) is 4.05. The van der Waals surface area contributed by atoms with Gasteiger partial charge in [-0.25, -0.2) is 14.3 Å². The van der Waals surface area contributed by atoms with Gasteiger partial charge in [-0.3, -0.25) is 4.90 Å². The Kier molecular flexibility index (Phi) is 5.13. The molecule has 2 aromatic heterocycles. The van der Waals surface area contributed by atoms with Crippen LogP contribution in [0.15, 0.2) is 42.7 Å². The Morgan fingerprint density at radius 1 is 1.38 bits per heavy atom. The van der Waals surface area contributed by atoms with Crippen LogP contribution in [0.5, 0.6) is 0 Å². The molecule has 0 saturated carbocycles. The van der Waals surface area contributed by atoms with E-state index in [1.54, 1.807) is 17.8 Å². The number of nitrogens with zero attached hydrogens (tertiary/aromatic N) is 5. The van der Waals surface area contributed by atoms with Crippen LogP contribution >= 0.6 is 0 Å². The molecule has 0 fully saturated rings. The lowest BCUT2D eigenvalue weighted by Gasteiger charge is -2.18. The van der Waals surface area contributed by atoms with E-state index in [0.29, 0.717) is 23.5 Å². The number of nitriles is 1. The SMILES string of the molecule is CCCCOC(=O)N(C)c1cccc(-c2ccnc3c(C#N)cnn23)c1. The second kappa shape index (κ2) is 7.66. The molecule has 0 radical (unpaired) electrons. The van der Waals surface area contributed by atoms with Crippen molar-refractivity contribution in [3.8, 4) is 17.3 Å². The Morgan fingerprint density at radius 3 is 3.00 bits per heavy atom. The lowest BCUT2D eigenvalue weighted by atomic mass is 10.1. The maximum absolute atomic E-state index is 12.2. The molecule has 7 heteroatoms. The highest BCUT2D eigenvalue weighted by Crippen LogP contribution is 2.25. The number of hydrogen-bond acceptors (Lipinski definition) is 5.